The lowest BCUT2D eigenvalue weighted by atomic mass is 10.2. The normalized spacial score (nSPS) is 11.5. The number of aryl methyl sites for hydroxylation is 1. The lowest BCUT2D eigenvalue weighted by Gasteiger charge is -2.10. The first-order chi connectivity index (χ1) is 8.11. The van der Waals surface area contributed by atoms with Crippen molar-refractivity contribution in [1.82, 2.24) is 4.57 Å². The van der Waals surface area contributed by atoms with Gasteiger partial charge in [-0.15, -0.1) is 0 Å². The van der Waals surface area contributed by atoms with Crippen LogP contribution in [0.25, 0.3) is 10.9 Å². The largest absolute Gasteiger partial charge is 0.508 e. The van der Waals surface area contributed by atoms with Crippen LogP contribution in [-0.2, 0) is 17.9 Å². The highest BCUT2D eigenvalue weighted by molar-refractivity contribution is 5.82. The molecule has 0 aliphatic carbocycles. The molecule has 3 heteroatoms. The maximum absolute atomic E-state index is 9.48. The molecule has 0 bridgehead atoms. The molecule has 0 saturated heterocycles. The van der Waals surface area contributed by atoms with Gasteiger partial charge in [0, 0.05) is 23.1 Å². The predicted octanol–water partition coefficient (Wildman–Crippen LogP) is 3.29. The number of hydrogen-bond donors (Lipinski definition) is 1. The van der Waals surface area contributed by atoms with E-state index in [1.54, 1.807) is 12.1 Å². The summed E-state index contributed by atoms with van der Waals surface area (Å²) in [4.78, 5) is 0. The Labute approximate surface area is 102 Å². The van der Waals surface area contributed by atoms with E-state index in [4.69, 9.17) is 4.74 Å². The van der Waals surface area contributed by atoms with Crippen molar-refractivity contribution in [2.24, 2.45) is 0 Å². The van der Waals surface area contributed by atoms with Gasteiger partial charge in [0.25, 0.3) is 0 Å². The maximum atomic E-state index is 9.48. The number of rotatable bonds is 4. The van der Waals surface area contributed by atoms with Crippen molar-refractivity contribution < 1.29 is 9.84 Å². The van der Waals surface area contributed by atoms with Crippen molar-refractivity contribution in [3.05, 3.63) is 30.0 Å². The highest BCUT2D eigenvalue weighted by Gasteiger charge is 2.08. The second-order valence-corrected chi connectivity index (χ2v) is 4.48. The molecule has 92 valence electrons. The Morgan fingerprint density at radius 3 is 2.71 bits per heavy atom. The molecule has 1 heterocycles. The van der Waals surface area contributed by atoms with E-state index in [0.29, 0.717) is 12.4 Å². The zero-order valence-electron chi connectivity index (χ0n) is 10.6. The van der Waals surface area contributed by atoms with Crippen molar-refractivity contribution in [2.75, 3.05) is 0 Å². The Kier molecular flexibility index (Phi) is 3.38. The highest BCUT2D eigenvalue weighted by Crippen LogP contribution is 2.24. The minimum absolute atomic E-state index is 0.228. The third kappa shape index (κ3) is 2.44. The quantitative estimate of drug-likeness (QED) is 0.879. The Balaban J connectivity index is 2.41. The third-order valence-electron chi connectivity index (χ3n) is 2.85. The van der Waals surface area contributed by atoms with Crippen LogP contribution in [0.4, 0.5) is 0 Å². The summed E-state index contributed by atoms with van der Waals surface area (Å²) in [6, 6.07) is 7.55. The second kappa shape index (κ2) is 4.80. The van der Waals surface area contributed by atoms with E-state index in [1.165, 1.54) is 0 Å². The molecule has 0 aliphatic rings. The molecular formula is C14H19NO2. The molecule has 1 N–H and O–H groups in total. The standard InChI is InChI=1S/C14H19NO2/c1-4-15-12(9-17-10(2)3)7-11-8-13(16)5-6-14(11)15/h5-8,10,16H,4,9H2,1-3H3. The Hall–Kier alpha value is -1.48. The van der Waals surface area contributed by atoms with E-state index in [9.17, 15) is 5.11 Å². The first-order valence-electron chi connectivity index (χ1n) is 6.04. The minimum Gasteiger partial charge on any atom is -0.508 e. The number of aromatic hydroxyl groups is 1. The third-order valence-corrected chi connectivity index (χ3v) is 2.85. The van der Waals surface area contributed by atoms with Gasteiger partial charge in [0.2, 0.25) is 0 Å². The fraction of sp³-hybridized carbons (Fsp3) is 0.429. The van der Waals surface area contributed by atoms with Gasteiger partial charge in [-0.25, -0.2) is 0 Å². The van der Waals surface area contributed by atoms with Crippen molar-refractivity contribution in [1.29, 1.82) is 0 Å². The van der Waals surface area contributed by atoms with Crippen LogP contribution in [0.15, 0.2) is 24.3 Å². The molecule has 0 unspecified atom stereocenters. The van der Waals surface area contributed by atoms with Gasteiger partial charge in [-0.2, -0.15) is 0 Å². The van der Waals surface area contributed by atoms with E-state index in [1.807, 2.05) is 19.9 Å². The van der Waals surface area contributed by atoms with Gasteiger partial charge in [0.05, 0.1) is 12.7 Å². The smallest absolute Gasteiger partial charge is 0.116 e. The summed E-state index contributed by atoms with van der Waals surface area (Å²) in [7, 11) is 0. The molecule has 2 aromatic rings. The topological polar surface area (TPSA) is 34.4 Å². The summed E-state index contributed by atoms with van der Waals surface area (Å²) < 4.78 is 7.87. The molecule has 1 aromatic carbocycles. The monoisotopic (exact) mass is 233 g/mol. The van der Waals surface area contributed by atoms with Gasteiger partial charge in [-0.1, -0.05) is 0 Å². The van der Waals surface area contributed by atoms with Crippen molar-refractivity contribution in [2.45, 2.75) is 40.0 Å². The van der Waals surface area contributed by atoms with Crippen LogP contribution in [0.3, 0.4) is 0 Å². The van der Waals surface area contributed by atoms with E-state index < -0.39 is 0 Å². The molecule has 1 aromatic heterocycles. The molecule has 3 nitrogen and oxygen atoms in total. The molecular weight excluding hydrogens is 214 g/mol. The van der Waals surface area contributed by atoms with Crippen LogP contribution in [0, 0.1) is 0 Å². The number of phenolic OH excluding ortho intramolecular Hbond substituents is 1. The zero-order chi connectivity index (χ0) is 12.4. The van der Waals surface area contributed by atoms with Gasteiger partial charge in [0.1, 0.15) is 5.75 Å². The maximum Gasteiger partial charge on any atom is 0.116 e. The Bertz CT molecular complexity index is 514. The number of phenols is 1. The predicted molar refractivity (Wildman–Crippen MR) is 69.2 cm³/mol. The van der Waals surface area contributed by atoms with Crippen molar-refractivity contribution >= 4 is 10.9 Å². The van der Waals surface area contributed by atoms with E-state index in [2.05, 4.69) is 17.6 Å². The van der Waals surface area contributed by atoms with E-state index in [0.717, 1.165) is 23.1 Å². The fourth-order valence-corrected chi connectivity index (χ4v) is 2.06. The highest BCUT2D eigenvalue weighted by atomic mass is 16.5. The molecule has 0 amide bonds. The van der Waals surface area contributed by atoms with Gasteiger partial charge < -0.3 is 14.4 Å². The minimum atomic E-state index is 0.228. The molecule has 0 radical (unpaired) electrons. The van der Waals surface area contributed by atoms with Gasteiger partial charge in [-0.3, -0.25) is 0 Å². The zero-order valence-corrected chi connectivity index (χ0v) is 10.6. The van der Waals surface area contributed by atoms with Crippen molar-refractivity contribution in [3.63, 3.8) is 0 Å². The van der Waals surface area contributed by atoms with Crippen LogP contribution in [-0.4, -0.2) is 15.8 Å². The number of hydrogen-bond acceptors (Lipinski definition) is 2. The summed E-state index contributed by atoms with van der Waals surface area (Å²) in [6.45, 7) is 7.70. The summed E-state index contributed by atoms with van der Waals surface area (Å²) in [5.41, 5.74) is 2.30. The summed E-state index contributed by atoms with van der Waals surface area (Å²) in [6.07, 6.45) is 0.228. The fourth-order valence-electron chi connectivity index (χ4n) is 2.06. The molecule has 0 fully saturated rings. The van der Waals surface area contributed by atoms with Crippen molar-refractivity contribution in [3.8, 4) is 5.75 Å². The molecule has 0 spiro atoms. The summed E-state index contributed by atoms with van der Waals surface area (Å²) in [5, 5.41) is 10.5. The molecule has 0 aliphatic heterocycles. The van der Waals surface area contributed by atoms with Crippen LogP contribution in [0.1, 0.15) is 26.5 Å². The molecule has 17 heavy (non-hydrogen) atoms. The molecule has 0 atom stereocenters. The van der Waals surface area contributed by atoms with Crippen LogP contribution < -0.4 is 0 Å². The van der Waals surface area contributed by atoms with Crippen LogP contribution in [0.2, 0.25) is 0 Å². The number of fused-ring (bicyclic) bond motifs is 1. The second-order valence-electron chi connectivity index (χ2n) is 4.48. The number of benzene rings is 1. The van der Waals surface area contributed by atoms with Crippen LogP contribution in [0.5, 0.6) is 5.75 Å². The number of ether oxygens (including phenoxy) is 1. The Morgan fingerprint density at radius 1 is 1.29 bits per heavy atom. The van der Waals surface area contributed by atoms with E-state index >= 15 is 0 Å². The summed E-state index contributed by atoms with van der Waals surface area (Å²) >= 11 is 0. The summed E-state index contributed by atoms with van der Waals surface area (Å²) in [5.74, 6) is 0.307. The van der Waals surface area contributed by atoms with Gasteiger partial charge in [-0.05, 0) is 45.0 Å². The average molecular weight is 233 g/mol. The lowest BCUT2D eigenvalue weighted by molar-refractivity contribution is 0.0620. The van der Waals surface area contributed by atoms with E-state index in [-0.39, 0.29) is 6.10 Å². The average Bonchev–Trinajstić information content (AvgIpc) is 2.62. The number of aromatic nitrogens is 1. The molecule has 0 saturated carbocycles. The lowest BCUT2D eigenvalue weighted by Crippen LogP contribution is -2.07. The molecule has 2 rings (SSSR count). The first-order valence-corrected chi connectivity index (χ1v) is 6.04. The Morgan fingerprint density at radius 2 is 2.06 bits per heavy atom. The van der Waals surface area contributed by atoms with Gasteiger partial charge in [0.15, 0.2) is 0 Å². The van der Waals surface area contributed by atoms with Crippen LogP contribution >= 0.6 is 0 Å². The number of nitrogens with zero attached hydrogens (tertiary/aromatic N) is 1. The first kappa shape index (κ1) is 12.0. The SMILES string of the molecule is CCn1c(COC(C)C)cc2cc(O)ccc21. The van der Waals surface area contributed by atoms with Gasteiger partial charge >= 0.3 is 0 Å².